The third-order valence-corrected chi connectivity index (χ3v) is 5.65. The zero-order valence-electron chi connectivity index (χ0n) is 14.5. The maximum Gasteiger partial charge on any atom is 0.0940 e. The summed E-state index contributed by atoms with van der Waals surface area (Å²) in [7, 11) is 0. The van der Waals surface area contributed by atoms with Crippen molar-refractivity contribution in [1.29, 1.82) is 0 Å². The Kier molecular flexibility index (Phi) is 5.87. The molecule has 1 aromatic heterocycles. The van der Waals surface area contributed by atoms with E-state index in [0.717, 1.165) is 38.9 Å². The molecular formula is C19H27N3OS. The molecule has 1 unspecified atom stereocenters. The molecule has 4 nitrogen and oxygen atoms in total. The summed E-state index contributed by atoms with van der Waals surface area (Å²) in [6.07, 6.45) is 4.55. The number of anilines is 1. The number of hydrogen-bond donors (Lipinski definition) is 2. The van der Waals surface area contributed by atoms with Gasteiger partial charge in [-0.2, -0.15) is 0 Å². The van der Waals surface area contributed by atoms with Gasteiger partial charge in [0.15, 0.2) is 0 Å². The number of rotatable bonds is 6. The second-order valence-electron chi connectivity index (χ2n) is 6.60. The molecular weight excluding hydrogens is 318 g/mol. The van der Waals surface area contributed by atoms with Gasteiger partial charge in [0, 0.05) is 48.9 Å². The molecule has 0 bridgehead atoms. The van der Waals surface area contributed by atoms with Crippen LogP contribution in [0.2, 0.25) is 0 Å². The Morgan fingerprint density at radius 1 is 1.29 bits per heavy atom. The molecule has 1 fully saturated rings. The zero-order valence-corrected chi connectivity index (χ0v) is 15.4. The lowest BCUT2D eigenvalue weighted by molar-refractivity contribution is 0.145. The minimum atomic E-state index is -0.119. The molecule has 2 heterocycles. The first-order valence-corrected chi connectivity index (χ1v) is 9.61. The summed E-state index contributed by atoms with van der Waals surface area (Å²) in [4.78, 5) is 8.05. The Labute approximate surface area is 148 Å². The molecule has 0 amide bonds. The number of piperidine rings is 1. The van der Waals surface area contributed by atoms with Crippen molar-refractivity contribution in [1.82, 2.24) is 10.3 Å². The Morgan fingerprint density at radius 2 is 2.00 bits per heavy atom. The second kappa shape index (κ2) is 8.10. The Balaban J connectivity index is 1.49. The topological polar surface area (TPSA) is 48.4 Å². The highest BCUT2D eigenvalue weighted by Crippen LogP contribution is 2.22. The third-order valence-electron chi connectivity index (χ3n) is 4.68. The van der Waals surface area contributed by atoms with E-state index in [2.05, 4.69) is 53.3 Å². The van der Waals surface area contributed by atoms with Crippen LogP contribution >= 0.6 is 11.3 Å². The van der Waals surface area contributed by atoms with Crippen LogP contribution < -0.4 is 10.2 Å². The number of aliphatic hydroxyl groups is 1. The van der Waals surface area contributed by atoms with Gasteiger partial charge >= 0.3 is 0 Å². The number of thiazole rings is 1. The van der Waals surface area contributed by atoms with Crippen molar-refractivity contribution in [2.24, 2.45) is 0 Å². The van der Waals surface area contributed by atoms with Crippen molar-refractivity contribution in [3.8, 4) is 0 Å². The number of aryl methyl sites for hydroxylation is 1. The molecule has 2 aromatic rings. The van der Waals surface area contributed by atoms with Gasteiger partial charge in [-0.15, -0.1) is 11.3 Å². The molecule has 1 aromatic carbocycles. The summed E-state index contributed by atoms with van der Waals surface area (Å²) in [5.41, 5.74) is 2.57. The normalized spacial score (nSPS) is 17.2. The van der Waals surface area contributed by atoms with Crippen LogP contribution in [0.5, 0.6) is 0 Å². The van der Waals surface area contributed by atoms with Gasteiger partial charge in [0.05, 0.1) is 11.1 Å². The number of hydrogen-bond acceptors (Lipinski definition) is 5. The van der Waals surface area contributed by atoms with Gasteiger partial charge in [-0.25, -0.2) is 4.98 Å². The lowest BCUT2D eigenvalue weighted by Crippen LogP contribution is -2.35. The molecule has 0 saturated carbocycles. The largest absolute Gasteiger partial charge is 0.393 e. The van der Waals surface area contributed by atoms with Crippen LogP contribution in [0.25, 0.3) is 0 Å². The van der Waals surface area contributed by atoms with Crippen LogP contribution in [-0.2, 0) is 6.42 Å². The fourth-order valence-corrected chi connectivity index (χ4v) is 3.91. The van der Waals surface area contributed by atoms with Crippen molar-refractivity contribution >= 4 is 17.0 Å². The van der Waals surface area contributed by atoms with E-state index in [9.17, 15) is 5.11 Å². The second-order valence-corrected chi connectivity index (χ2v) is 7.92. The average Bonchev–Trinajstić information content (AvgIpc) is 3.01. The van der Waals surface area contributed by atoms with E-state index in [0.29, 0.717) is 6.04 Å². The molecule has 1 aliphatic heterocycles. The number of aliphatic hydroxyl groups excluding tert-OH is 1. The Hall–Kier alpha value is -1.43. The summed E-state index contributed by atoms with van der Waals surface area (Å²) in [5.74, 6) is 0. The molecule has 0 radical (unpaired) electrons. The maximum atomic E-state index is 9.62. The standard InChI is InChI=1S/C19H27N3OS/c1-14-13-21-19(24-14)7-10-20-15(2)16-3-5-17(6-4-16)22-11-8-18(23)9-12-22/h3-6,13,15,18,20,23H,7-12H2,1-2H3. The number of nitrogens with one attached hydrogen (secondary N) is 1. The fraction of sp³-hybridized carbons (Fsp3) is 0.526. The average molecular weight is 346 g/mol. The molecule has 0 spiro atoms. The molecule has 1 aliphatic rings. The SMILES string of the molecule is Cc1cnc(CCNC(C)c2ccc(N3CCC(O)CC3)cc2)s1. The van der Waals surface area contributed by atoms with E-state index in [1.165, 1.54) is 21.1 Å². The van der Waals surface area contributed by atoms with E-state index in [4.69, 9.17) is 0 Å². The molecule has 5 heteroatoms. The van der Waals surface area contributed by atoms with E-state index >= 15 is 0 Å². The number of aromatic nitrogens is 1. The molecule has 2 N–H and O–H groups in total. The lowest BCUT2D eigenvalue weighted by Gasteiger charge is -2.31. The van der Waals surface area contributed by atoms with Crippen LogP contribution in [0.3, 0.4) is 0 Å². The predicted molar refractivity (Wildman–Crippen MR) is 101 cm³/mol. The third kappa shape index (κ3) is 4.56. The van der Waals surface area contributed by atoms with Gasteiger partial charge < -0.3 is 15.3 Å². The van der Waals surface area contributed by atoms with Gasteiger partial charge in [0.1, 0.15) is 0 Å². The molecule has 130 valence electrons. The summed E-state index contributed by atoms with van der Waals surface area (Å²) in [5, 5.41) is 14.4. The van der Waals surface area contributed by atoms with Crippen LogP contribution in [-0.4, -0.2) is 35.8 Å². The first-order chi connectivity index (χ1) is 11.6. The first-order valence-electron chi connectivity index (χ1n) is 8.79. The smallest absolute Gasteiger partial charge is 0.0940 e. The minimum Gasteiger partial charge on any atom is -0.393 e. The van der Waals surface area contributed by atoms with E-state index in [1.807, 2.05) is 6.20 Å². The monoisotopic (exact) mass is 345 g/mol. The van der Waals surface area contributed by atoms with Crippen LogP contribution in [0.1, 0.15) is 41.3 Å². The van der Waals surface area contributed by atoms with Gasteiger partial charge in [-0.1, -0.05) is 12.1 Å². The Morgan fingerprint density at radius 3 is 2.62 bits per heavy atom. The van der Waals surface area contributed by atoms with Crippen molar-refractivity contribution in [3.05, 3.63) is 45.9 Å². The quantitative estimate of drug-likeness (QED) is 0.843. The van der Waals surface area contributed by atoms with Crippen molar-refractivity contribution < 1.29 is 5.11 Å². The van der Waals surface area contributed by atoms with Gasteiger partial charge in [-0.05, 0) is 44.4 Å². The van der Waals surface area contributed by atoms with E-state index < -0.39 is 0 Å². The zero-order chi connectivity index (χ0) is 16.9. The molecule has 1 saturated heterocycles. The summed E-state index contributed by atoms with van der Waals surface area (Å²) in [6, 6.07) is 9.17. The van der Waals surface area contributed by atoms with Crippen LogP contribution in [0, 0.1) is 6.92 Å². The van der Waals surface area contributed by atoms with Crippen molar-refractivity contribution in [3.63, 3.8) is 0 Å². The number of benzene rings is 1. The van der Waals surface area contributed by atoms with Gasteiger partial charge in [0.2, 0.25) is 0 Å². The minimum absolute atomic E-state index is 0.119. The van der Waals surface area contributed by atoms with E-state index in [-0.39, 0.29) is 6.10 Å². The predicted octanol–water partition coefficient (Wildman–Crippen LogP) is 3.31. The first kappa shape index (κ1) is 17.4. The maximum absolute atomic E-state index is 9.62. The summed E-state index contributed by atoms with van der Waals surface area (Å²) >= 11 is 1.78. The molecule has 1 atom stereocenters. The highest BCUT2D eigenvalue weighted by Gasteiger charge is 2.17. The molecule has 24 heavy (non-hydrogen) atoms. The highest BCUT2D eigenvalue weighted by molar-refractivity contribution is 7.11. The highest BCUT2D eigenvalue weighted by atomic mass is 32.1. The molecule has 0 aliphatic carbocycles. The number of nitrogens with zero attached hydrogens (tertiary/aromatic N) is 2. The van der Waals surface area contributed by atoms with Crippen LogP contribution in [0.4, 0.5) is 5.69 Å². The fourth-order valence-electron chi connectivity index (χ4n) is 3.13. The van der Waals surface area contributed by atoms with Crippen molar-refractivity contribution in [2.75, 3.05) is 24.5 Å². The summed E-state index contributed by atoms with van der Waals surface area (Å²) in [6.45, 7) is 7.14. The summed E-state index contributed by atoms with van der Waals surface area (Å²) < 4.78 is 0. The van der Waals surface area contributed by atoms with Gasteiger partial charge in [0.25, 0.3) is 0 Å². The lowest BCUT2D eigenvalue weighted by atomic mass is 10.0. The van der Waals surface area contributed by atoms with Crippen LogP contribution in [0.15, 0.2) is 30.5 Å². The Bertz CT molecular complexity index is 632. The van der Waals surface area contributed by atoms with Gasteiger partial charge in [-0.3, -0.25) is 0 Å². The molecule has 3 rings (SSSR count). The van der Waals surface area contributed by atoms with E-state index in [1.54, 1.807) is 11.3 Å². The van der Waals surface area contributed by atoms with Crippen molar-refractivity contribution in [2.45, 2.75) is 45.3 Å².